The molecule has 27 heavy (non-hydrogen) atoms. The van der Waals surface area contributed by atoms with Crippen LogP contribution in [0.15, 0.2) is 52.3 Å². The first-order valence-electron chi connectivity index (χ1n) is 9.13. The molecule has 0 amide bonds. The van der Waals surface area contributed by atoms with E-state index in [1.54, 1.807) is 14.2 Å². The molecule has 0 radical (unpaired) electrons. The van der Waals surface area contributed by atoms with Crippen molar-refractivity contribution in [2.45, 2.75) is 22.8 Å². The molecule has 2 atom stereocenters. The second-order valence-electron chi connectivity index (χ2n) is 6.58. The van der Waals surface area contributed by atoms with Crippen molar-refractivity contribution in [3.05, 3.63) is 42.5 Å². The Morgan fingerprint density at radius 1 is 1.19 bits per heavy atom. The van der Waals surface area contributed by atoms with Crippen molar-refractivity contribution in [3.8, 4) is 17.2 Å². The molecule has 146 valence electrons. The molecule has 0 fully saturated rings. The van der Waals surface area contributed by atoms with Crippen LogP contribution in [0.25, 0.3) is 0 Å². The van der Waals surface area contributed by atoms with Crippen molar-refractivity contribution in [2.75, 3.05) is 38.9 Å². The largest absolute Gasteiger partial charge is 0.493 e. The van der Waals surface area contributed by atoms with Crippen LogP contribution >= 0.6 is 23.5 Å². The first-order valence-corrected chi connectivity index (χ1v) is 11.1. The molecule has 0 spiro atoms. The van der Waals surface area contributed by atoms with Crippen molar-refractivity contribution in [3.63, 3.8) is 0 Å². The minimum absolute atomic E-state index is 0.362. The Bertz CT molecular complexity index is 714. The lowest BCUT2D eigenvalue weighted by Crippen LogP contribution is -2.39. The van der Waals surface area contributed by atoms with Crippen molar-refractivity contribution in [2.24, 2.45) is 5.92 Å². The van der Waals surface area contributed by atoms with E-state index >= 15 is 0 Å². The van der Waals surface area contributed by atoms with Gasteiger partial charge in [-0.2, -0.15) is 0 Å². The maximum absolute atomic E-state index is 5.96. The lowest BCUT2D eigenvalue weighted by atomic mass is 10.2. The van der Waals surface area contributed by atoms with Crippen LogP contribution in [0.2, 0.25) is 0 Å². The third-order valence-electron chi connectivity index (χ3n) is 4.37. The minimum Gasteiger partial charge on any atom is -0.493 e. The average Bonchev–Trinajstić information content (AvgIpc) is 2.92. The number of para-hydroxylation sites is 2. The number of methoxy groups -OCH3 is 2. The van der Waals surface area contributed by atoms with Gasteiger partial charge in [0.2, 0.25) is 0 Å². The average molecular weight is 406 g/mol. The molecule has 1 heterocycles. The van der Waals surface area contributed by atoms with Crippen LogP contribution in [0, 0.1) is 5.92 Å². The van der Waals surface area contributed by atoms with Gasteiger partial charge < -0.3 is 19.5 Å². The summed E-state index contributed by atoms with van der Waals surface area (Å²) in [5, 5.41) is 3.67. The predicted molar refractivity (Wildman–Crippen MR) is 114 cm³/mol. The maximum Gasteiger partial charge on any atom is 0.174 e. The highest BCUT2D eigenvalue weighted by Crippen LogP contribution is 2.38. The zero-order valence-corrected chi connectivity index (χ0v) is 17.7. The quantitative estimate of drug-likeness (QED) is 0.649. The van der Waals surface area contributed by atoms with Crippen LogP contribution in [-0.2, 0) is 0 Å². The van der Waals surface area contributed by atoms with Gasteiger partial charge in [0, 0.05) is 16.4 Å². The summed E-state index contributed by atoms with van der Waals surface area (Å²) < 4.78 is 16.9. The van der Waals surface area contributed by atoms with E-state index in [1.165, 1.54) is 4.90 Å². The lowest BCUT2D eigenvalue weighted by molar-refractivity contribution is 0.270. The third kappa shape index (κ3) is 5.50. The highest BCUT2D eigenvalue weighted by atomic mass is 32.2. The van der Waals surface area contributed by atoms with E-state index in [0.29, 0.717) is 18.6 Å². The van der Waals surface area contributed by atoms with Crippen molar-refractivity contribution >= 4 is 23.5 Å². The fourth-order valence-corrected chi connectivity index (χ4v) is 4.98. The topological polar surface area (TPSA) is 39.7 Å². The number of thioether (sulfide) groups is 2. The van der Waals surface area contributed by atoms with Gasteiger partial charge in [-0.1, -0.05) is 25.1 Å². The predicted octanol–water partition coefficient (Wildman–Crippen LogP) is 4.57. The summed E-state index contributed by atoms with van der Waals surface area (Å²) in [4.78, 5) is 2.35. The summed E-state index contributed by atoms with van der Waals surface area (Å²) in [5.41, 5.74) is 0. The first-order chi connectivity index (χ1) is 13.2. The minimum atomic E-state index is 0.362. The normalized spacial score (nSPS) is 17.4. The fraction of sp³-hybridized carbons (Fsp3) is 0.429. The molecule has 0 aliphatic carbocycles. The zero-order valence-electron chi connectivity index (χ0n) is 16.1. The zero-order chi connectivity index (χ0) is 19.1. The summed E-state index contributed by atoms with van der Waals surface area (Å²) in [6.07, 6.45) is 0. The molecule has 0 aromatic heterocycles. The molecule has 2 aromatic rings. The number of hydrogen-bond donors (Lipinski definition) is 1. The van der Waals surface area contributed by atoms with E-state index < -0.39 is 0 Å². The van der Waals surface area contributed by atoms with E-state index in [9.17, 15) is 0 Å². The molecular weight excluding hydrogens is 378 g/mol. The van der Waals surface area contributed by atoms with Gasteiger partial charge in [0.1, 0.15) is 12.4 Å². The Kier molecular flexibility index (Phi) is 7.61. The van der Waals surface area contributed by atoms with Gasteiger partial charge in [-0.3, -0.25) is 0 Å². The summed E-state index contributed by atoms with van der Waals surface area (Å²) in [6.45, 7) is 3.95. The molecule has 6 heteroatoms. The van der Waals surface area contributed by atoms with Gasteiger partial charge in [0.25, 0.3) is 0 Å². The molecule has 1 aliphatic heterocycles. The second-order valence-corrected chi connectivity index (χ2v) is 8.71. The monoisotopic (exact) mass is 405 g/mol. The Hall–Kier alpha value is -1.50. The van der Waals surface area contributed by atoms with Gasteiger partial charge in [0.15, 0.2) is 11.5 Å². The number of fused-ring (bicyclic) bond motifs is 1. The second kappa shape index (κ2) is 10.2. The van der Waals surface area contributed by atoms with Crippen LogP contribution in [-0.4, -0.2) is 44.9 Å². The molecular formula is C21H27NO3S2. The summed E-state index contributed by atoms with van der Waals surface area (Å²) in [6, 6.07) is 14.6. The first kappa shape index (κ1) is 20.2. The summed E-state index contributed by atoms with van der Waals surface area (Å²) >= 11 is 3.67. The van der Waals surface area contributed by atoms with Crippen LogP contribution in [0.4, 0.5) is 0 Å². The Morgan fingerprint density at radius 2 is 2.04 bits per heavy atom. The van der Waals surface area contributed by atoms with Gasteiger partial charge in [0.05, 0.1) is 25.2 Å². The lowest BCUT2D eigenvalue weighted by Gasteiger charge is -2.19. The van der Waals surface area contributed by atoms with Crippen molar-refractivity contribution < 1.29 is 14.2 Å². The van der Waals surface area contributed by atoms with E-state index in [1.807, 2.05) is 47.8 Å². The van der Waals surface area contributed by atoms with Crippen molar-refractivity contribution in [1.82, 2.24) is 5.32 Å². The SMILES string of the molecule is COc1cccc(SC[C@@H](C)CN[C@@H]2COc3ccccc3SC2)c1OC. The molecule has 4 nitrogen and oxygen atoms in total. The molecule has 0 saturated heterocycles. The van der Waals surface area contributed by atoms with Gasteiger partial charge in [-0.15, -0.1) is 23.5 Å². The van der Waals surface area contributed by atoms with Gasteiger partial charge in [-0.25, -0.2) is 0 Å². The van der Waals surface area contributed by atoms with Crippen LogP contribution in [0.1, 0.15) is 6.92 Å². The van der Waals surface area contributed by atoms with Crippen LogP contribution in [0.5, 0.6) is 17.2 Å². The number of rotatable bonds is 8. The molecule has 1 N–H and O–H groups in total. The Labute approximate surface area is 170 Å². The number of benzene rings is 2. The molecule has 2 aromatic carbocycles. The van der Waals surface area contributed by atoms with E-state index in [0.717, 1.165) is 40.2 Å². The van der Waals surface area contributed by atoms with Crippen molar-refractivity contribution in [1.29, 1.82) is 0 Å². The highest BCUT2D eigenvalue weighted by Gasteiger charge is 2.18. The standard InChI is InChI=1S/C21H27NO3S2/c1-15(13-26-20-10-6-8-18(23-2)21(20)24-3)11-22-16-12-25-17-7-4-5-9-19(17)27-14-16/h4-10,15-16,22H,11-14H2,1-3H3/t15-,16+/m0/s1. The number of nitrogens with one attached hydrogen (secondary N) is 1. The Morgan fingerprint density at radius 3 is 2.85 bits per heavy atom. The molecule has 0 unspecified atom stereocenters. The van der Waals surface area contributed by atoms with Crippen LogP contribution < -0.4 is 19.5 Å². The van der Waals surface area contributed by atoms with E-state index in [4.69, 9.17) is 14.2 Å². The van der Waals surface area contributed by atoms with E-state index in [2.05, 4.69) is 30.4 Å². The molecule has 1 aliphatic rings. The smallest absolute Gasteiger partial charge is 0.174 e. The van der Waals surface area contributed by atoms with Gasteiger partial charge in [-0.05, 0) is 36.7 Å². The molecule has 0 bridgehead atoms. The van der Waals surface area contributed by atoms with Gasteiger partial charge >= 0.3 is 0 Å². The fourth-order valence-electron chi connectivity index (χ4n) is 2.87. The van der Waals surface area contributed by atoms with E-state index in [-0.39, 0.29) is 0 Å². The van der Waals surface area contributed by atoms with Crippen LogP contribution in [0.3, 0.4) is 0 Å². The molecule has 0 saturated carbocycles. The summed E-state index contributed by atoms with van der Waals surface area (Å²) in [5.74, 6) is 5.16. The third-order valence-corrected chi connectivity index (χ3v) is 6.96. The summed E-state index contributed by atoms with van der Waals surface area (Å²) in [7, 11) is 3.36. The number of ether oxygens (including phenoxy) is 3. The molecule has 3 rings (SSSR count). The number of hydrogen-bond acceptors (Lipinski definition) is 6. The maximum atomic E-state index is 5.96. The Balaban J connectivity index is 1.46. The highest BCUT2D eigenvalue weighted by molar-refractivity contribution is 7.99.